The molecule has 0 bridgehead atoms. The minimum Gasteiger partial charge on any atom is -0.462 e. The molecule has 22 heavy (non-hydrogen) atoms. The molecule has 0 heterocycles. The standard InChI is InChI=1S/C18H30O4/c1-5-7-11-15(3)17(19)21-13-9-10-14-22-18(20)16(4)12-8-6-2/h3-14H2,1-2H3. The molecule has 0 rings (SSSR count). The van der Waals surface area contributed by atoms with E-state index in [0.29, 0.717) is 50.0 Å². The van der Waals surface area contributed by atoms with E-state index in [2.05, 4.69) is 27.0 Å². The number of rotatable bonds is 13. The Bertz CT molecular complexity index is 335. The quantitative estimate of drug-likeness (QED) is 0.288. The second-order valence-corrected chi connectivity index (χ2v) is 5.39. The molecule has 0 aliphatic rings. The van der Waals surface area contributed by atoms with Gasteiger partial charge in [0.1, 0.15) is 0 Å². The summed E-state index contributed by atoms with van der Waals surface area (Å²) in [6.07, 6.45) is 6.67. The SMILES string of the molecule is C=C(CCCC)C(=O)OCCCCOC(=O)C(=C)CCCC. The Morgan fingerprint density at radius 2 is 1.09 bits per heavy atom. The van der Waals surface area contributed by atoms with Crippen molar-refractivity contribution in [2.75, 3.05) is 13.2 Å². The normalized spacial score (nSPS) is 10.1. The first kappa shape index (κ1) is 20.4. The van der Waals surface area contributed by atoms with Crippen molar-refractivity contribution < 1.29 is 19.1 Å². The summed E-state index contributed by atoms with van der Waals surface area (Å²) in [6.45, 7) is 12.2. The molecule has 126 valence electrons. The van der Waals surface area contributed by atoms with Crippen molar-refractivity contribution in [2.45, 2.75) is 65.2 Å². The molecule has 0 aliphatic carbocycles. The van der Waals surface area contributed by atoms with Crippen molar-refractivity contribution in [2.24, 2.45) is 0 Å². The fourth-order valence-electron chi connectivity index (χ4n) is 1.72. The highest BCUT2D eigenvalue weighted by Crippen LogP contribution is 2.08. The van der Waals surface area contributed by atoms with Crippen LogP contribution in [-0.4, -0.2) is 25.2 Å². The fourth-order valence-corrected chi connectivity index (χ4v) is 1.72. The summed E-state index contributed by atoms with van der Waals surface area (Å²) in [4.78, 5) is 23.1. The number of hydrogen-bond acceptors (Lipinski definition) is 4. The lowest BCUT2D eigenvalue weighted by atomic mass is 10.1. The Morgan fingerprint density at radius 3 is 1.41 bits per heavy atom. The van der Waals surface area contributed by atoms with Crippen LogP contribution in [0.3, 0.4) is 0 Å². The van der Waals surface area contributed by atoms with Gasteiger partial charge in [-0.05, 0) is 38.5 Å². The molecule has 0 saturated heterocycles. The molecule has 0 fully saturated rings. The average molecular weight is 310 g/mol. The van der Waals surface area contributed by atoms with Gasteiger partial charge in [-0.2, -0.15) is 0 Å². The predicted octanol–water partition coefficient (Wildman–Crippen LogP) is 4.35. The molecule has 4 nitrogen and oxygen atoms in total. The molecule has 0 aromatic carbocycles. The van der Waals surface area contributed by atoms with Crippen LogP contribution in [-0.2, 0) is 19.1 Å². The van der Waals surface area contributed by atoms with Gasteiger partial charge in [0.25, 0.3) is 0 Å². The van der Waals surface area contributed by atoms with Crippen LogP contribution in [0.4, 0.5) is 0 Å². The van der Waals surface area contributed by atoms with E-state index in [9.17, 15) is 9.59 Å². The Labute approximate surface area is 134 Å². The number of ether oxygens (including phenoxy) is 2. The van der Waals surface area contributed by atoms with Gasteiger partial charge < -0.3 is 9.47 Å². The Balaban J connectivity index is 3.61. The van der Waals surface area contributed by atoms with Crippen molar-refractivity contribution >= 4 is 11.9 Å². The highest BCUT2D eigenvalue weighted by molar-refractivity contribution is 5.88. The van der Waals surface area contributed by atoms with E-state index >= 15 is 0 Å². The molecule has 0 spiro atoms. The van der Waals surface area contributed by atoms with Crippen LogP contribution >= 0.6 is 0 Å². The Kier molecular flexibility index (Phi) is 12.2. The van der Waals surface area contributed by atoms with E-state index < -0.39 is 0 Å². The van der Waals surface area contributed by atoms with Crippen molar-refractivity contribution in [3.05, 3.63) is 24.3 Å². The molecule has 0 aromatic heterocycles. The van der Waals surface area contributed by atoms with Crippen LogP contribution in [0.2, 0.25) is 0 Å². The van der Waals surface area contributed by atoms with Crippen LogP contribution in [0.5, 0.6) is 0 Å². The van der Waals surface area contributed by atoms with E-state index in [1.54, 1.807) is 0 Å². The lowest BCUT2D eigenvalue weighted by Crippen LogP contribution is -2.11. The van der Waals surface area contributed by atoms with Gasteiger partial charge in [-0.25, -0.2) is 9.59 Å². The maximum absolute atomic E-state index is 11.6. The number of unbranched alkanes of at least 4 members (excludes halogenated alkanes) is 3. The molecular weight excluding hydrogens is 280 g/mol. The minimum absolute atomic E-state index is 0.321. The Morgan fingerprint density at radius 1 is 0.727 bits per heavy atom. The molecule has 0 radical (unpaired) electrons. The zero-order valence-electron chi connectivity index (χ0n) is 14.1. The average Bonchev–Trinajstić information content (AvgIpc) is 2.52. The van der Waals surface area contributed by atoms with Crippen LogP contribution in [0.25, 0.3) is 0 Å². The van der Waals surface area contributed by atoms with Crippen LogP contribution in [0, 0.1) is 0 Å². The van der Waals surface area contributed by atoms with Crippen molar-refractivity contribution in [1.29, 1.82) is 0 Å². The number of esters is 2. The third kappa shape index (κ3) is 10.2. The molecule has 0 N–H and O–H groups in total. The van der Waals surface area contributed by atoms with Gasteiger partial charge in [-0.3, -0.25) is 0 Å². The van der Waals surface area contributed by atoms with Crippen LogP contribution in [0.1, 0.15) is 65.2 Å². The minimum atomic E-state index is -0.321. The maximum Gasteiger partial charge on any atom is 0.333 e. The van der Waals surface area contributed by atoms with Crippen molar-refractivity contribution in [1.82, 2.24) is 0 Å². The number of hydrogen-bond donors (Lipinski definition) is 0. The molecule has 0 amide bonds. The summed E-state index contributed by atoms with van der Waals surface area (Å²) < 4.78 is 10.2. The largest absolute Gasteiger partial charge is 0.462 e. The van der Waals surface area contributed by atoms with E-state index in [-0.39, 0.29) is 11.9 Å². The maximum atomic E-state index is 11.6. The lowest BCUT2D eigenvalue weighted by Gasteiger charge is -2.08. The summed E-state index contributed by atoms with van der Waals surface area (Å²) in [6, 6.07) is 0. The van der Waals surface area contributed by atoms with E-state index in [4.69, 9.17) is 9.47 Å². The molecular formula is C18H30O4. The van der Waals surface area contributed by atoms with Crippen LogP contribution < -0.4 is 0 Å². The van der Waals surface area contributed by atoms with E-state index in [1.165, 1.54) is 0 Å². The van der Waals surface area contributed by atoms with Gasteiger partial charge in [-0.15, -0.1) is 0 Å². The first-order valence-electron chi connectivity index (χ1n) is 8.22. The fraction of sp³-hybridized carbons (Fsp3) is 0.667. The zero-order chi connectivity index (χ0) is 16.8. The molecule has 0 saturated carbocycles. The van der Waals surface area contributed by atoms with Gasteiger partial charge in [0.05, 0.1) is 13.2 Å². The highest BCUT2D eigenvalue weighted by atomic mass is 16.5. The number of carbonyl (C=O) groups excluding carboxylic acids is 2. The first-order chi connectivity index (χ1) is 10.5. The van der Waals surface area contributed by atoms with Crippen LogP contribution in [0.15, 0.2) is 24.3 Å². The summed E-state index contributed by atoms with van der Waals surface area (Å²) in [7, 11) is 0. The Hall–Kier alpha value is -1.58. The zero-order valence-corrected chi connectivity index (χ0v) is 14.1. The van der Waals surface area contributed by atoms with Gasteiger partial charge in [0.2, 0.25) is 0 Å². The third-order valence-corrected chi connectivity index (χ3v) is 3.25. The lowest BCUT2D eigenvalue weighted by molar-refractivity contribution is -0.141. The summed E-state index contributed by atoms with van der Waals surface area (Å²) >= 11 is 0. The van der Waals surface area contributed by atoms with E-state index in [0.717, 1.165) is 25.7 Å². The summed E-state index contributed by atoms with van der Waals surface area (Å²) in [5.74, 6) is -0.642. The van der Waals surface area contributed by atoms with Crippen molar-refractivity contribution in [3.63, 3.8) is 0 Å². The monoisotopic (exact) mass is 310 g/mol. The molecule has 0 unspecified atom stereocenters. The van der Waals surface area contributed by atoms with Gasteiger partial charge in [0.15, 0.2) is 0 Å². The predicted molar refractivity (Wildman–Crippen MR) is 88.5 cm³/mol. The molecule has 4 heteroatoms. The van der Waals surface area contributed by atoms with E-state index in [1.807, 2.05) is 0 Å². The highest BCUT2D eigenvalue weighted by Gasteiger charge is 2.09. The summed E-state index contributed by atoms with van der Waals surface area (Å²) in [5, 5.41) is 0. The van der Waals surface area contributed by atoms with Crippen molar-refractivity contribution in [3.8, 4) is 0 Å². The molecule has 0 aromatic rings. The van der Waals surface area contributed by atoms with Gasteiger partial charge in [0, 0.05) is 11.1 Å². The topological polar surface area (TPSA) is 52.6 Å². The molecule has 0 aliphatic heterocycles. The first-order valence-corrected chi connectivity index (χ1v) is 8.22. The second-order valence-electron chi connectivity index (χ2n) is 5.39. The van der Waals surface area contributed by atoms with Gasteiger partial charge in [-0.1, -0.05) is 39.8 Å². The molecule has 0 atom stereocenters. The summed E-state index contributed by atoms with van der Waals surface area (Å²) in [5.41, 5.74) is 1.06. The second kappa shape index (κ2) is 13.1. The third-order valence-electron chi connectivity index (χ3n) is 3.25. The smallest absolute Gasteiger partial charge is 0.333 e. The number of carbonyl (C=O) groups is 2. The van der Waals surface area contributed by atoms with Gasteiger partial charge >= 0.3 is 11.9 Å².